The molecule has 1 aromatic rings. The van der Waals surface area contributed by atoms with Gasteiger partial charge < -0.3 is 5.11 Å². The second-order valence-electron chi connectivity index (χ2n) is 4.52. The molecule has 1 aliphatic heterocycles. The van der Waals surface area contributed by atoms with Crippen molar-refractivity contribution < 1.29 is 22.3 Å². The lowest BCUT2D eigenvalue weighted by molar-refractivity contribution is 0.0161. The Morgan fingerprint density at radius 1 is 1.50 bits per heavy atom. The summed E-state index contributed by atoms with van der Waals surface area (Å²) in [6, 6.07) is 2.76. The first-order valence-corrected chi connectivity index (χ1v) is 8.24. The number of rotatable bonds is 3. The van der Waals surface area contributed by atoms with Gasteiger partial charge in [0.05, 0.1) is 29.1 Å². The molecule has 0 saturated carbocycles. The van der Waals surface area contributed by atoms with Gasteiger partial charge in [0.1, 0.15) is 0 Å². The SMILES string of the molecule is O=S(=O)(c1ccc(Br)c(Cl)c1)N1CC(F)(F)CC1CO. The van der Waals surface area contributed by atoms with E-state index in [0.29, 0.717) is 8.78 Å². The summed E-state index contributed by atoms with van der Waals surface area (Å²) in [5.41, 5.74) is 0. The molecule has 0 aromatic heterocycles. The van der Waals surface area contributed by atoms with Crippen LogP contribution < -0.4 is 0 Å². The minimum absolute atomic E-state index is 0.164. The smallest absolute Gasteiger partial charge is 0.263 e. The first-order valence-electron chi connectivity index (χ1n) is 5.63. The molecule has 9 heteroatoms. The highest BCUT2D eigenvalue weighted by atomic mass is 79.9. The molecule has 1 unspecified atom stereocenters. The van der Waals surface area contributed by atoms with Crippen LogP contribution in [-0.4, -0.2) is 42.9 Å². The van der Waals surface area contributed by atoms with E-state index in [4.69, 9.17) is 16.7 Å². The maximum absolute atomic E-state index is 13.4. The molecule has 1 atom stereocenters. The largest absolute Gasteiger partial charge is 0.395 e. The summed E-state index contributed by atoms with van der Waals surface area (Å²) in [4.78, 5) is -0.179. The average Bonchev–Trinajstić information content (AvgIpc) is 2.68. The lowest BCUT2D eigenvalue weighted by Gasteiger charge is -2.21. The minimum atomic E-state index is -4.12. The van der Waals surface area contributed by atoms with E-state index in [1.165, 1.54) is 18.2 Å². The predicted octanol–water partition coefficient (Wildman–Crippen LogP) is 2.49. The molecule has 4 nitrogen and oxygen atoms in total. The van der Waals surface area contributed by atoms with Gasteiger partial charge in [0.25, 0.3) is 5.92 Å². The number of aliphatic hydroxyl groups excluding tert-OH is 1. The van der Waals surface area contributed by atoms with Gasteiger partial charge in [0.2, 0.25) is 10.0 Å². The lowest BCUT2D eigenvalue weighted by Crippen LogP contribution is -2.38. The van der Waals surface area contributed by atoms with Crippen LogP contribution in [0.25, 0.3) is 0 Å². The molecule has 20 heavy (non-hydrogen) atoms. The van der Waals surface area contributed by atoms with E-state index in [2.05, 4.69) is 15.9 Å². The van der Waals surface area contributed by atoms with Gasteiger partial charge in [-0.1, -0.05) is 11.6 Å². The Bertz CT molecular complexity index is 626. The molecule has 1 aliphatic rings. The molecule has 0 radical (unpaired) electrons. The number of hydrogen-bond donors (Lipinski definition) is 1. The van der Waals surface area contributed by atoms with Crippen molar-refractivity contribution in [1.82, 2.24) is 4.31 Å². The van der Waals surface area contributed by atoms with Gasteiger partial charge in [0.15, 0.2) is 0 Å². The van der Waals surface area contributed by atoms with Crippen molar-refractivity contribution in [2.24, 2.45) is 0 Å². The number of aliphatic hydroxyl groups is 1. The summed E-state index contributed by atoms with van der Waals surface area (Å²) in [7, 11) is -4.12. The first-order chi connectivity index (χ1) is 9.17. The van der Waals surface area contributed by atoms with Crippen LogP contribution in [0.1, 0.15) is 6.42 Å². The number of sulfonamides is 1. The number of hydrogen-bond acceptors (Lipinski definition) is 3. The van der Waals surface area contributed by atoms with Gasteiger partial charge in [0, 0.05) is 10.9 Å². The Hall–Kier alpha value is -0.280. The van der Waals surface area contributed by atoms with Crippen molar-refractivity contribution in [1.29, 1.82) is 0 Å². The van der Waals surface area contributed by atoms with E-state index in [0.717, 1.165) is 0 Å². The fourth-order valence-corrected chi connectivity index (χ4v) is 4.24. The fourth-order valence-electron chi connectivity index (χ4n) is 2.08. The highest BCUT2D eigenvalue weighted by Gasteiger charge is 2.49. The van der Waals surface area contributed by atoms with Crippen molar-refractivity contribution in [3.05, 3.63) is 27.7 Å². The third-order valence-electron chi connectivity index (χ3n) is 3.04. The Kier molecular flexibility index (Phi) is 4.42. The van der Waals surface area contributed by atoms with Crippen molar-refractivity contribution in [3.8, 4) is 0 Å². The molecule has 0 amide bonds. The summed E-state index contributed by atoms with van der Waals surface area (Å²) < 4.78 is 52.6. The van der Waals surface area contributed by atoms with E-state index < -0.39 is 41.6 Å². The van der Waals surface area contributed by atoms with Crippen molar-refractivity contribution in [2.75, 3.05) is 13.2 Å². The van der Waals surface area contributed by atoms with Crippen LogP contribution in [0.15, 0.2) is 27.6 Å². The molecule has 2 rings (SSSR count). The van der Waals surface area contributed by atoms with E-state index in [-0.39, 0.29) is 9.92 Å². The molecule has 1 heterocycles. The second-order valence-corrected chi connectivity index (χ2v) is 7.67. The molecule has 1 aromatic carbocycles. The molecule has 1 fully saturated rings. The predicted molar refractivity (Wildman–Crippen MR) is 73.5 cm³/mol. The van der Waals surface area contributed by atoms with E-state index >= 15 is 0 Å². The topological polar surface area (TPSA) is 57.6 Å². The highest BCUT2D eigenvalue weighted by molar-refractivity contribution is 9.10. The summed E-state index contributed by atoms with van der Waals surface area (Å²) in [6.07, 6.45) is -0.688. The van der Waals surface area contributed by atoms with Crippen LogP contribution in [0.3, 0.4) is 0 Å². The summed E-state index contributed by atoms with van der Waals surface area (Å²) in [5, 5.41) is 9.27. The maximum Gasteiger partial charge on any atom is 0.263 e. The van der Waals surface area contributed by atoms with Gasteiger partial charge in [-0.3, -0.25) is 0 Å². The average molecular weight is 391 g/mol. The number of halogens is 4. The summed E-state index contributed by atoms with van der Waals surface area (Å²) >= 11 is 8.95. The van der Waals surface area contributed by atoms with Gasteiger partial charge in [-0.2, -0.15) is 4.31 Å². The van der Waals surface area contributed by atoms with Crippen LogP contribution in [0.2, 0.25) is 5.02 Å². The molecular weight excluding hydrogens is 380 g/mol. The van der Waals surface area contributed by atoms with E-state index in [1.807, 2.05) is 0 Å². The van der Waals surface area contributed by atoms with Crippen LogP contribution >= 0.6 is 27.5 Å². The standard InChI is InChI=1S/C11H11BrClF2NO3S/c12-9-2-1-8(3-10(9)13)20(18,19)16-6-11(14,15)4-7(16)5-17/h1-3,7,17H,4-6H2. The molecule has 1 N–H and O–H groups in total. The Morgan fingerprint density at radius 2 is 2.15 bits per heavy atom. The molecule has 0 spiro atoms. The van der Waals surface area contributed by atoms with Crippen LogP contribution in [0.4, 0.5) is 8.78 Å². The van der Waals surface area contributed by atoms with E-state index in [1.54, 1.807) is 0 Å². The third-order valence-corrected chi connectivity index (χ3v) is 6.16. The maximum atomic E-state index is 13.4. The van der Waals surface area contributed by atoms with Crippen molar-refractivity contribution >= 4 is 37.6 Å². The molecule has 1 saturated heterocycles. The number of nitrogens with zero attached hydrogens (tertiary/aromatic N) is 1. The Labute approximate surface area is 128 Å². The number of alkyl halides is 2. The van der Waals surface area contributed by atoms with Gasteiger partial charge in [-0.15, -0.1) is 0 Å². The Morgan fingerprint density at radius 3 is 2.70 bits per heavy atom. The first kappa shape index (κ1) is 16.1. The minimum Gasteiger partial charge on any atom is -0.395 e. The third kappa shape index (κ3) is 2.99. The molecule has 0 aliphatic carbocycles. The monoisotopic (exact) mass is 389 g/mol. The summed E-state index contributed by atoms with van der Waals surface area (Å²) in [6.45, 7) is -1.59. The highest BCUT2D eigenvalue weighted by Crippen LogP contribution is 2.36. The molecule has 0 bridgehead atoms. The fraction of sp³-hybridized carbons (Fsp3) is 0.455. The van der Waals surface area contributed by atoms with Crippen LogP contribution in [0.5, 0.6) is 0 Å². The van der Waals surface area contributed by atoms with Gasteiger partial charge in [-0.25, -0.2) is 17.2 Å². The molecule has 112 valence electrons. The second kappa shape index (κ2) is 5.49. The Balaban J connectivity index is 2.41. The molecular formula is C11H11BrClF2NO3S. The quantitative estimate of drug-likeness (QED) is 0.863. The van der Waals surface area contributed by atoms with Gasteiger partial charge in [-0.05, 0) is 34.1 Å². The van der Waals surface area contributed by atoms with Gasteiger partial charge >= 0.3 is 0 Å². The number of benzene rings is 1. The van der Waals surface area contributed by atoms with E-state index in [9.17, 15) is 17.2 Å². The van der Waals surface area contributed by atoms with Crippen LogP contribution in [0, 0.1) is 0 Å². The zero-order valence-corrected chi connectivity index (χ0v) is 13.2. The normalized spacial score (nSPS) is 23.1. The summed E-state index contributed by atoms with van der Waals surface area (Å²) in [5.74, 6) is -3.14. The zero-order chi connectivity index (χ0) is 15.1. The van der Waals surface area contributed by atoms with Crippen molar-refractivity contribution in [2.45, 2.75) is 23.3 Å². The zero-order valence-electron chi connectivity index (χ0n) is 10.1. The van der Waals surface area contributed by atoms with Crippen molar-refractivity contribution in [3.63, 3.8) is 0 Å². The van der Waals surface area contributed by atoms with Crippen LogP contribution in [-0.2, 0) is 10.0 Å². The lowest BCUT2D eigenvalue weighted by atomic mass is 10.2.